The van der Waals surface area contributed by atoms with Crippen LogP contribution in [0.4, 0.5) is 0 Å². The second-order valence-corrected chi connectivity index (χ2v) is 5.54. The molecule has 0 aromatic heterocycles. The van der Waals surface area contributed by atoms with Crippen LogP contribution in [0.3, 0.4) is 0 Å². The normalized spacial score (nSPS) is 15.4. The molecule has 0 saturated heterocycles. The zero-order valence-electron chi connectivity index (χ0n) is 11.7. The average Bonchev–Trinajstić information content (AvgIpc) is 2.26. The van der Waals surface area contributed by atoms with Gasteiger partial charge in [-0.2, -0.15) is 0 Å². The fourth-order valence-electron chi connectivity index (χ4n) is 2.26. The third kappa shape index (κ3) is 3.08. The molecular weight excluding hydrogens is 208 g/mol. The van der Waals surface area contributed by atoms with Crippen molar-refractivity contribution in [2.45, 2.75) is 58.5 Å². The standard InChI is InChI=1S/C15H26N2/c1-9(2)12-7-6-8-13(10(3)4)14(12)15(17)11(5)16/h6-11,15H,16-17H2,1-5H3. The first-order valence-corrected chi connectivity index (χ1v) is 6.50. The highest BCUT2D eigenvalue weighted by atomic mass is 14.8. The second kappa shape index (κ2) is 5.65. The van der Waals surface area contributed by atoms with E-state index in [1.807, 2.05) is 6.92 Å². The smallest absolute Gasteiger partial charge is 0.0451 e. The quantitative estimate of drug-likeness (QED) is 0.840. The Morgan fingerprint density at radius 2 is 1.24 bits per heavy atom. The van der Waals surface area contributed by atoms with Gasteiger partial charge in [-0.3, -0.25) is 0 Å². The van der Waals surface area contributed by atoms with Crippen molar-refractivity contribution in [1.29, 1.82) is 0 Å². The highest BCUT2D eigenvalue weighted by Gasteiger charge is 2.21. The molecule has 0 aliphatic carbocycles. The maximum Gasteiger partial charge on any atom is 0.0451 e. The number of hydrogen-bond donors (Lipinski definition) is 2. The highest BCUT2D eigenvalue weighted by Crippen LogP contribution is 2.32. The minimum absolute atomic E-state index is 0.0209. The van der Waals surface area contributed by atoms with Crippen molar-refractivity contribution in [3.8, 4) is 0 Å². The molecule has 1 aromatic carbocycles. The Labute approximate surface area is 105 Å². The Balaban J connectivity index is 3.38. The first-order chi connectivity index (χ1) is 7.86. The lowest BCUT2D eigenvalue weighted by molar-refractivity contribution is 0.571. The summed E-state index contributed by atoms with van der Waals surface area (Å²) in [6.45, 7) is 10.8. The van der Waals surface area contributed by atoms with E-state index in [0.29, 0.717) is 11.8 Å². The lowest BCUT2D eigenvalue weighted by atomic mass is 9.83. The minimum atomic E-state index is -0.0778. The van der Waals surface area contributed by atoms with Gasteiger partial charge in [-0.15, -0.1) is 0 Å². The van der Waals surface area contributed by atoms with Crippen molar-refractivity contribution in [1.82, 2.24) is 0 Å². The molecule has 0 spiro atoms. The van der Waals surface area contributed by atoms with Crippen LogP contribution in [-0.4, -0.2) is 6.04 Å². The van der Waals surface area contributed by atoms with Crippen molar-refractivity contribution in [3.63, 3.8) is 0 Å². The summed E-state index contributed by atoms with van der Waals surface area (Å²) in [5.41, 5.74) is 16.2. The van der Waals surface area contributed by atoms with Crippen LogP contribution in [0.15, 0.2) is 18.2 Å². The molecule has 0 bridgehead atoms. The van der Waals surface area contributed by atoms with Gasteiger partial charge in [0.1, 0.15) is 0 Å². The second-order valence-electron chi connectivity index (χ2n) is 5.54. The maximum absolute atomic E-state index is 6.29. The molecule has 0 saturated carbocycles. The maximum atomic E-state index is 6.29. The van der Waals surface area contributed by atoms with E-state index in [1.165, 1.54) is 16.7 Å². The van der Waals surface area contributed by atoms with Crippen molar-refractivity contribution >= 4 is 0 Å². The van der Waals surface area contributed by atoms with Crippen molar-refractivity contribution in [2.75, 3.05) is 0 Å². The SMILES string of the molecule is CC(C)c1cccc(C(C)C)c1C(N)C(C)N. The van der Waals surface area contributed by atoms with E-state index < -0.39 is 0 Å². The van der Waals surface area contributed by atoms with Gasteiger partial charge in [-0.1, -0.05) is 45.9 Å². The molecule has 2 heteroatoms. The van der Waals surface area contributed by atoms with Crippen LogP contribution in [0.5, 0.6) is 0 Å². The summed E-state index contributed by atoms with van der Waals surface area (Å²) >= 11 is 0. The number of nitrogens with two attached hydrogens (primary N) is 2. The van der Waals surface area contributed by atoms with Crippen molar-refractivity contribution in [2.24, 2.45) is 11.5 Å². The van der Waals surface area contributed by atoms with Crippen LogP contribution < -0.4 is 11.5 Å². The highest BCUT2D eigenvalue weighted by molar-refractivity contribution is 5.41. The summed E-state index contributed by atoms with van der Waals surface area (Å²) in [6.07, 6.45) is 0. The minimum Gasteiger partial charge on any atom is -0.326 e. The van der Waals surface area contributed by atoms with Gasteiger partial charge in [0.2, 0.25) is 0 Å². The van der Waals surface area contributed by atoms with E-state index in [4.69, 9.17) is 11.5 Å². The van der Waals surface area contributed by atoms with E-state index in [1.54, 1.807) is 0 Å². The van der Waals surface area contributed by atoms with E-state index >= 15 is 0 Å². The molecule has 0 aliphatic rings. The van der Waals surface area contributed by atoms with Gasteiger partial charge in [0.15, 0.2) is 0 Å². The first-order valence-electron chi connectivity index (χ1n) is 6.50. The Morgan fingerprint density at radius 1 is 0.824 bits per heavy atom. The fourth-order valence-corrected chi connectivity index (χ4v) is 2.26. The topological polar surface area (TPSA) is 52.0 Å². The third-order valence-corrected chi connectivity index (χ3v) is 3.32. The van der Waals surface area contributed by atoms with E-state index in [0.717, 1.165) is 0 Å². The molecule has 1 aromatic rings. The van der Waals surface area contributed by atoms with Gasteiger partial charge < -0.3 is 11.5 Å². The summed E-state index contributed by atoms with van der Waals surface area (Å²) in [6, 6.07) is 6.38. The molecule has 0 heterocycles. The van der Waals surface area contributed by atoms with Gasteiger partial charge in [0, 0.05) is 12.1 Å². The van der Waals surface area contributed by atoms with Crippen molar-refractivity contribution in [3.05, 3.63) is 34.9 Å². The first kappa shape index (κ1) is 14.2. The van der Waals surface area contributed by atoms with Crippen LogP contribution in [0.2, 0.25) is 0 Å². The van der Waals surface area contributed by atoms with E-state index in [-0.39, 0.29) is 12.1 Å². The fraction of sp³-hybridized carbons (Fsp3) is 0.600. The molecule has 1 rings (SSSR count). The van der Waals surface area contributed by atoms with Gasteiger partial charge in [0.25, 0.3) is 0 Å². The number of rotatable bonds is 4. The van der Waals surface area contributed by atoms with Crippen LogP contribution in [0.25, 0.3) is 0 Å². The monoisotopic (exact) mass is 234 g/mol. The molecule has 4 N–H and O–H groups in total. The lowest BCUT2D eigenvalue weighted by Crippen LogP contribution is -2.33. The van der Waals surface area contributed by atoms with Gasteiger partial charge in [0.05, 0.1) is 0 Å². The molecule has 2 nitrogen and oxygen atoms in total. The number of benzene rings is 1. The van der Waals surface area contributed by atoms with Crippen LogP contribution in [-0.2, 0) is 0 Å². The summed E-state index contributed by atoms with van der Waals surface area (Å²) in [5, 5.41) is 0. The zero-order chi connectivity index (χ0) is 13.2. The molecule has 96 valence electrons. The Kier molecular flexibility index (Phi) is 4.72. The molecule has 17 heavy (non-hydrogen) atoms. The van der Waals surface area contributed by atoms with E-state index in [9.17, 15) is 0 Å². The molecule has 2 atom stereocenters. The number of hydrogen-bond acceptors (Lipinski definition) is 2. The Morgan fingerprint density at radius 3 is 1.53 bits per heavy atom. The molecular formula is C15H26N2. The molecule has 0 radical (unpaired) electrons. The lowest BCUT2D eigenvalue weighted by Gasteiger charge is -2.26. The molecule has 0 aliphatic heterocycles. The summed E-state index contributed by atoms with van der Waals surface area (Å²) in [7, 11) is 0. The molecule has 0 fully saturated rings. The van der Waals surface area contributed by atoms with E-state index in [2.05, 4.69) is 45.9 Å². The van der Waals surface area contributed by atoms with Crippen LogP contribution in [0.1, 0.15) is 69.2 Å². The third-order valence-electron chi connectivity index (χ3n) is 3.32. The predicted molar refractivity (Wildman–Crippen MR) is 75.2 cm³/mol. The van der Waals surface area contributed by atoms with Crippen LogP contribution >= 0.6 is 0 Å². The molecule has 2 unspecified atom stereocenters. The molecule has 0 amide bonds. The largest absolute Gasteiger partial charge is 0.326 e. The average molecular weight is 234 g/mol. The predicted octanol–water partition coefficient (Wildman–Crippen LogP) is 3.28. The van der Waals surface area contributed by atoms with Gasteiger partial charge in [-0.05, 0) is 35.4 Å². The van der Waals surface area contributed by atoms with Gasteiger partial charge in [-0.25, -0.2) is 0 Å². The Bertz CT molecular complexity index is 341. The summed E-state index contributed by atoms with van der Waals surface area (Å²) < 4.78 is 0. The summed E-state index contributed by atoms with van der Waals surface area (Å²) in [4.78, 5) is 0. The Hall–Kier alpha value is -0.860. The van der Waals surface area contributed by atoms with Crippen LogP contribution in [0, 0.1) is 0 Å². The van der Waals surface area contributed by atoms with Crippen molar-refractivity contribution < 1.29 is 0 Å². The van der Waals surface area contributed by atoms with Gasteiger partial charge >= 0.3 is 0 Å². The zero-order valence-corrected chi connectivity index (χ0v) is 11.7. The summed E-state index contributed by atoms with van der Waals surface area (Å²) in [5.74, 6) is 0.960.